The molecule has 16 heavy (non-hydrogen) atoms. The number of carbonyl (C=O) groups is 1. The number of amides is 1. The molecule has 0 saturated heterocycles. The normalized spacial score (nSPS) is 12.1. The number of hydrogen-bond donors (Lipinski definition) is 3. The van der Waals surface area contributed by atoms with Crippen molar-refractivity contribution < 1.29 is 14.1 Å². The van der Waals surface area contributed by atoms with Crippen molar-refractivity contribution in [1.82, 2.24) is 5.32 Å². The highest BCUT2D eigenvalue weighted by Crippen LogP contribution is 2.17. The Bertz CT molecular complexity index is 421. The third kappa shape index (κ3) is 3.54. The molecule has 0 spiro atoms. The van der Waals surface area contributed by atoms with E-state index >= 15 is 0 Å². The topological polar surface area (TPSA) is 92.4 Å². The molecule has 1 rings (SSSR count). The summed E-state index contributed by atoms with van der Waals surface area (Å²) in [7, 11) is -0.943. The lowest BCUT2D eigenvalue weighted by Gasteiger charge is -2.07. The van der Waals surface area contributed by atoms with E-state index in [1.807, 2.05) is 0 Å². The van der Waals surface area contributed by atoms with Crippen LogP contribution in [0.3, 0.4) is 0 Å². The Balaban J connectivity index is 2.65. The van der Waals surface area contributed by atoms with E-state index in [1.54, 1.807) is 6.26 Å². The summed E-state index contributed by atoms with van der Waals surface area (Å²) in [6.07, 6.45) is 1.56. The Morgan fingerprint density at radius 2 is 2.25 bits per heavy atom. The number of aromatic hydroxyl groups is 1. The van der Waals surface area contributed by atoms with Gasteiger partial charge in [-0.05, 0) is 18.2 Å². The minimum atomic E-state index is -0.943. The zero-order chi connectivity index (χ0) is 12.1. The lowest BCUT2D eigenvalue weighted by Crippen LogP contribution is -2.28. The maximum atomic E-state index is 11.6. The number of hydrogen-bond acceptors (Lipinski definition) is 4. The van der Waals surface area contributed by atoms with Crippen LogP contribution in [0, 0.1) is 0 Å². The fraction of sp³-hybridized carbons (Fsp3) is 0.300. The standard InChI is InChI=1S/C10H14N2O3S/c1-16(15)5-4-12-10(14)8-6-7(13)2-3-9(8)11/h2-3,6,13H,4-5,11H2,1H3,(H,12,14). The second-order valence-electron chi connectivity index (χ2n) is 3.30. The van der Waals surface area contributed by atoms with E-state index in [1.165, 1.54) is 18.2 Å². The van der Waals surface area contributed by atoms with Crippen LogP contribution in [0.15, 0.2) is 18.2 Å². The second kappa shape index (κ2) is 5.50. The van der Waals surface area contributed by atoms with Crippen molar-refractivity contribution in [2.24, 2.45) is 0 Å². The van der Waals surface area contributed by atoms with Crippen LogP contribution in [0.25, 0.3) is 0 Å². The fourth-order valence-corrected chi connectivity index (χ4v) is 1.53. The zero-order valence-electron chi connectivity index (χ0n) is 8.90. The summed E-state index contributed by atoms with van der Waals surface area (Å²) in [5.74, 6) is 0.00190. The van der Waals surface area contributed by atoms with Gasteiger partial charge in [0.15, 0.2) is 0 Å². The quantitative estimate of drug-likeness (QED) is 0.515. The molecule has 6 heteroatoms. The van der Waals surface area contributed by atoms with Gasteiger partial charge in [0, 0.05) is 35.0 Å². The molecule has 5 nitrogen and oxygen atoms in total. The van der Waals surface area contributed by atoms with Crippen LogP contribution in [0.5, 0.6) is 5.75 Å². The number of nitrogen functional groups attached to an aromatic ring is 1. The van der Waals surface area contributed by atoms with E-state index in [9.17, 15) is 14.1 Å². The number of anilines is 1. The van der Waals surface area contributed by atoms with Crippen molar-refractivity contribution in [1.29, 1.82) is 0 Å². The van der Waals surface area contributed by atoms with Gasteiger partial charge in [-0.25, -0.2) is 0 Å². The van der Waals surface area contributed by atoms with Crippen LogP contribution in [-0.4, -0.2) is 33.8 Å². The molecule has 1 unspecified atom stereocenters. The van der Waals surface area contributed by atoms with E-state index in [4.69, 9.17) is 5.73 Å². The summed E-state index contributed by atoms with van der Waals surface area (Å²) >= 11 is 0. The molecule has 1 aromatic carbocycles. The maximum absolute atomic E-state index is 11.6. The van der Waals surface area contributed by atoms with E-state index in [0.717, 1.165) is 0 Å². The molecule has 0 aliphatic carbocycles. The summed E-state index contributed by atoms with van der Waals surface area (Å²) in [6, 6.07) is 4.17. The van der Waals surface area contributed by atoms with Gasteiger partial charge in [-0.2, -0.15) is 0 Å². The third-order valence-electron chi connectivity index (χ3n) is 1.96. The highest BCUT2D eigenvalue weighted by molar-refractivity contribution is 7.84. The molecule has 0 heterocycles. The van der Waals surface area contributed by atoms with E-state index < -0.39 is 10.8 Å². The van der Waals surface area contributed by atoms with Gasteiger partial charge in [-0.1, -0.05) is 0 Å². The molecule has 0 bridgehead atoms. The number of rotatable bonds is 4. The van der Waals surface area contributed by atoms with Gasteiger partial charge in [0.05, 0.1) is 5.56 Å². The first-order valence-corrected chi connectivity index (χ1v) is 6.40. The Kier molecular flexibility index (Phi) is 4.30. The number of phenols is 1. The Labute approximate surface area is 96.1 Å². The van der Waals surface area contributed by atoms with Crippen molar-refractivity contribution in [2.45, 2.75) is 0 Å². The van der Waals surface area contributed by atoms with Crippen LogP contribution in [0.1, 0.15) is 10.4 Å². The first kappa shape index (κ1) is 12.5. The molecular weight excluding hydrogens is 228 g/mol. The predicted octanol–water partition coefficient (Wildman–Crippen LogP) is 0.0827. The molecule has 0 fully saturated rings. The van der Waals surface area contributed by atoms with Gasteiger partial charge in [0.2, 0.25) is 0 Å². The summed E-state index contributed by atoms with van der Waals surface area (Å²) in [4.78, 5) is 11.6. The zero-order valence-corrected chi connectivity index (χ0v) is 9.71. The first-order chi connectivity index (χ1) is 7.50. The minimum Gasteiger partial charge on any atom is -0.508 e. The molecule has 0 aliphatic heterocycles. The first-order valence-electron chi connectivity index (χ1n) is 4.67. The van der Waals surface area contributed by atoms with Gasteiger partial charge in [0.1, 0.15) is 5.75 Å². The third-order valence-corrected chi connectivity index (χ3v) is 2.74. The molecule has 1 atom stereocenters. The van der Waals surface area contributed by atoms with E-state index in [-0.39, 0.29) is 17.2 Å². The van der Waals surface area contributed by atoms with Gasteiger partial charge in [-0.3, -0.25) is 9.00 Å². The monoisotopic (exact) mass is 242 g/mol. The number of nitrogens with one attached hydrogen (secondary N) is 1. The van der Waals surface area contributed by atoms with Crippen molar-refractivity contribution in [3.8, 4) is 5.75 Å². The maximum Gasteiger partial charge on any atom is 0.253 e. The van der Waals surface area contributed by atoms with E-state index in [0.29, 0.717) is 18.0 Å². The molecule has 0 aromatic heterocycles. The smallest absolute Gasteiger partial charge is 0.253 e. The Morgan fingerprint density at radius 1 is 1.56 bits per heavy atom. The van der Waals surface area contributed by atoms with Gasteiger partial charge >= 0.3 is 0 Å². The molecule has 1 amide bonds. The summed E-state index contributed by atoms with van der Waals surface area (Å²) < 4.78 is 10.8. The lowest BCUT2D eigenvalue weighted by atomic mass is 10.1. The number of phenolic OH excluding ortho intramolecular Hbond substituents is 1. The fourth-order valence-electron chi connectivity index (χ4n) is 1.14. The van der Waals surface area contributed by atoms with E-state index in [2.05, 4.69) is 5.32 Å². The largest absolute Gasteiger partial charge is 0.508 e. The highest BCUT2D eigenvalue weighted by atomic mass is 32.2. The average molecular weight is 242 g/mol. The van der Waals surface area contributed by atoms with Crippen molar-refractivity contribution in [3.05, 3.63) is 23.8 Å². The minimum absolute atomic E-state index is 0.0154. The van der Waals surface area contributed by atoms with Crippen molar-refractivity contribution in [2.75, 3.05) is 24.3 Å². The van der Waals surface area contributed by atoms with Crippen molar-refractivity contribution >= 4 is 22.4 Å². The van der Waals surface area contributed by atoms with Crippen LogP contribution >= 0.6 is 0 Å². The predicted molar refractivity (Wildman–Crippen MR) is 63.8 cm³/mol. The molecule has 0 aliphatic rings. The number of benzene rings is 1. The average Bonchev–Trinajstić information content (AvgIpc) is 2.21. The number of carbonyl (C=O) groups excluding carboxylic acids is 1. The van der Waals surface area contributed by atoms with Gasteiger partial charge in [-0.15, -0.1) is 0 Å². The SMILES string of the molecule is CS(=O)CCNC(=O)c1cc(O)ccc1N. The molecule has 4 N–H and O–H groups in total. The van der Waals surface area contributed by atoms with Crippen LogP contribution in [0.2, 0.25) is 0 Å². The summed E-state index contributed by atoms with van der Waals surface area (Å²) in [6.45, 7) is 0.317. The van der Waals surface area contributed by atoms with Crippen LogP contribution in [0.4, 0.5) is 5.69 Å². The van der Waals surface area contributed by atoms with Crippen molar-refractivity contribution in [3.63, 3.8) is 0 Å². The van der Waals surface area contributed by atoms with Crippen LogP contribution in [-0.2, 0) is 10.8 Å². The number of nitrogens with two attached hydrogens (primary N) is 1. The molecule has 1 aromatic rings. The summed E-state index contributed by atoms with van der Waals surface area (Å²) in [5.41, 5.74) is 6.11. The Hall–Kier alpha value is -1.56. The lowest BCUT2D eigenvalue weighted by molar-refractivity contribution is 0.0956. The van der Waals surface area contributed by atoms with Crippen LogP contribution < -0.4 is 11.1 Å². The van der Waals surface area contributed by atoms with Gasteiger partial charge < -0.3 is 16.2 Å². The summed E-state index contributed by atoms with van der Waals surface area (Å²) in [5, 5.41) is 11.8. The Morgan fingerprint density at radius 3 is 2.88 bits per heavy atom. The molecular formula is C10H14N2O3S. The second-order valence-corrected chi connectivity index (χ2v) is 4.86. The molecule has 0 saturated carbocycles. The van der Waals surface area contributed by atoms with Gasteiger partial charge in [0.25, 0.3) is 5.91 Å². The molecule has 88 valence electrons. The molecule has 0 radical (unpaired) electrons. The highest BCUT2D eigenvalue weighted by Gasteiger charge is 2.09.